The highest BCUT2D eigenvalue weighted by Crippen LogP contribution is 2.57. The minimum Gasteiger partial charge on any atom is -0.444 e. The van der Waals surface area contributed by atoms with Crippen LogP contribution in [0.15, 0.2) is 30.3 Å². The monoisotopic (exact) mass is 432 g/mol. The molecule has 1 aliphatic rings. The second-order valence-corrected chi connectivity index (χ2v) is 16.2. The Morgan fingerprint density at radius 1 is 1.17 bits per heavy atom. The van der Waals surface area contributed by atoms with E-state index < -0.39 is 24.8 Å². The van der Waals surface area contributed by atoms with E-state index >= 15 is 0 Å². The van der Waals surface area contributed by atoms with Crippen LogP contribution in [0.25, 0.3) is 0 Å². The number of carbonyl (C=O) groups excluding carboxylic acids is 2. The number of ether oxygens (including phenoxy) is 1. The van der Waals surface area contributed by atoms with Crippen molar-refractivity contribution in [2.24, 2.45) is 5.92 Å². The van der Waals surface area contributed by atoms with Crippen molar-refractivity contribution in [1.82, 2.24) is 10.6 Å². The molecule has 2 N–H and O–H groups in total. The first-order valence-electron chi connectivity index (χ1n) is 11.1. The zero-order chi connectivity index (χ0) is 22.9. The van der Waals surface area contributed by atoms with Crippen molar-refractivity contribution in [3.05, 3.63) is 30.3 Å². The van der Waals surface area contributed by atoms with Crippen LogP contribution in [0.5, 0.6) is 0 Å². The Morgan fingerprint density at radius 2 is 1.70 bits per heavy atom. The van der Waals surface area contributed by atoms with Gasteiger partial charge in [-0.3, -0.25) is 4.79 Å². The summed E-state index contributed by atoms with van der Waals surface area (Å²) in [6.45, 7) is 19.4. The molecule has 0 spiro atoms. The van der Waals surface area contributed by atoms with Crippen LogP contribution >= 0.6 is 0 Å². The van der Waals surface area contributed by atoms with Gasteiger partial charge in [-0.1, -0.05) is 77.1 Å². The van der Waals surface area contributed by atoms with E-state index in [-0.39, 0.29) is 17.9 Å². The predicted molar refractivity (Wildman–Crippen MR) is 126 cm³/mol. The van der Waals surface area contributed by atoms with Gasteiger partial charge in [-0.15, -0.1) is 0 Å². The summed E-state index contributed by atoms with van der Waals surface area (Å²) in [5.41, 5.74) is 0.177. The third kappa shape index (κ3) is 4.16. The molecule has 1 aliphatic heterocycles. The molecule has 1 fully saturated rings. The lowest BCUT2D eigenvalue weighted by atomic mass is 9.83. The second kappa shape index (κ2) is 8.73. The lowest BCUT2D eigenvalue weighted by molar-refractivity contribution is -0.128. The zero-order valence-electron chi connectivity index (χ0n) is 20.1. The number of carbonyl (C=O) groups is 2. The fraction of sp³-hybridized carbons (Fsp3) is 0.667. The van der Waals surface area contributed by atoms with Gasteiger partial charge in [0.2, 0.25) is 5.91 Å². The van der Waals surface area contributed by atoms with Crippen molar-refractivity contribution < 1.29 is 14.3 Å². The minimum atomic E-state index is -2.37. The lowest BCUT2D eigenvalue weighted by Crippen LogP contribution is -2.73. The first kappa shape index (κ1) is 24.4. The number of nitrogens with one attached hydrogen (secondary N) is 2. The molecule has 0 bridgehead atoms. The summed E-state index contributed by atoms with van der Waals surface area (Å²) in [6, 6.07) is 10.5. The fourth-order valence-electron chi connectivity index (χ4n) is 6.04. The van der Waals surface area contributed by atoms with Crippen molar-refractivity contribution in [3.8, 4) is 0 Å². The van der Waals surface area contributed by atoms with Crippen LogP contribution in [0.1, 0.15) is 62.3 Å². The molecule has 168 valence electrons. The molecular formula is C24H40N2O3Si. The number of hydrogen-bond donors (Lipinski definition) is 2. The minimum absolute atomic E-state index is 0.0637. The molecule has 6 heteroatoms. The highest BCUT2D eigenvalue weighted by Gasteiger charge is 2.63. The van der Waals surface area contributed by atoms with Crippen molar-refractivity contribution >= 4 is 25.3 Å². The normalized spacial score (nSPS) is 25.2. The summed E-state index contributed by atoms with van der Waals surface area (Å²) in [7, 11) is -2.37. The molecule has 0 aromatic heterocycles. The highest BCUT2D eigenvalue weighted by molar-refractivity contribution is 6.96. The fourth-order valence-corrected chi connectivity index (χ4v) is 14.2. The third-order valence-corrected chi connectivity index (χ3v) is 14.6. The quantitative estimate of drug-likeness (QED) is 0.669. The van der Waals surface area contributed by atoms with E-state index in [1.165, 1.54) is 5.19 Å². The highest BCUT2D eigenvalue weighted by atomic mass is 28.3. The summed E-state index contributed by atoms with van der Waals surface area (Å²) in [5.74, 6) is -0.170. The Morgan fingerprint density at radius 3 is 2.17 bits per heavy atom. The smallest absolute Gasteiger partial charge is 0.407 e. The molecule has 5 nitrogen and oxygen atoms in total. The van der Waals surface area contributed by atoms with Gasteiger partial charge in [-0.25, -0.2) is 4.79 Å². The van der Waals surface area contributed by atoms with Crippen LogP contribution in [-0.4, -0.2) is 38.3 Å². The standard InChI is InChI=1S/C24H40N2O3Si/c1-16(2)30(17(3)4,19-13-11-10-12-14-19)24(9)18(5)21(27)25-15-20(24)26-22(28)29-23(6,7)8/h10-14,16-18,20H,15H2,1-9H3,(H,25,27)(H,26,28)/t18-,20-,24+/m0/s1. The van der Waals surface area contributed by atoms with Crippen LogP contribution in [0.4, 0.5) is 4.79 Å². The summed E-state index contributed by atoms with van der Waals surface area (Å²) < 4.78 is 5.59. The number of benzene rings is 1. The number of amides is 2. The van der Waals surface area contributed by atoms with E-state index in [0.717, 1.165) is 0 Å². The van der Waals surface area contributed by atoms with Crippen LogP contribution in [0.3, 0.4) is 0 Å². The Bertz CT molecular complexity index is 749. The van der Waals surface area contributed by atoms with Gasteiger partial charge in [-0.2, -0.15) is 0 Å². The van der Waals surface area contributed by atoms with Crippen molar-refractivity contribution in [3.63, 3.8) is 0 Å². The van der Waals surface area contributed by atoms with Gasteiger partial charge in [0, 0.05) is 17.5 Å². The molecule has 3 atom stereocenters. The van der Waals surface area contributed by atoms with E-state index in [2.05, 4.69) is 69.5 Å². The Hall–Kier alpha value is -1.82. The van der Waals surface area contributed by atoms with Gasteiger partial charge in [0.05, 0.1) is 6.04 Å². The van der Waals surface area contributed by atoms with Crippen molar-refractivity contribution in [1.29, 1.82) is 0 Å². The molecule has 0 radical (unpaired) electrons. The topological polar surface area (TPSA) is 67.4 Å². The molecule has 1 aromatic carbocycles. The molecule has 1 aromatic rings. The molecule has 0 aliphatic carbocycles. The molecule has 1 heterocycles. The van der Waals surface area contributed by atoms with Gasteiger partial charge >= 0.3 is 6.09 Å². The average Bonchev–Trinajstić information content (AvgIpc) is 2.62. The number of rotatable bonds is 5. The van der Waals surface area contributed by atoms with E-state index in [4.69, 9.17) is 4.74 Å². The first-order valence-corrected chi connectivity index (χ1v) is 13.3. The molecule has 2 rings (SSSR count). The lowest BCUT2D eigenvalue weighted by Gasteiger charge is -2.60. The predicted octanol–water partition coefficient (Wildman–Crippen LogP) is 4.58. The SMILES string of the molecule is CC(C)[Si](c1ccccc1)(C(C)C)[C@@]1(C)[C@@H](NC(=O)OC(C)(C)C)CNC(=O)[C@@H]1C. The summed E-state index contributed by atoms with van der Waals surface area (Å²) in [6.07, 6.45) is -0.425. The maximum atomic E-state index is 13.0. The molecular weight excluding hydrogens is 392 g/mol. The van der Waals surface area contributed by atoms with Gasteiger partial charge in [-0.05, 0) is 31.9 Å². The van der Waals surface area contributed by atoms with Gasteiger partial charge in [0.15, 0.2) is 0 Å². The van der Waals surface area contributed by atoms with Crippen molar-refractivity contribution in [2.45, 2.75) is 90.1 Å². The van der Waals surface area contributed by atoms with Gasteiger partial charge in [0.1, 0.15) is 13.7 Å². The van der Waals surface area contributed by atoms with Gasteiger partial charge < -0.3 is 15.4 Å². The summed E-state index contributed by atoms with van der Waals surface area (Å²) in [4.78, 5) is 25.7. The summed E-state index contributed by atoms with van der Waals surface area (Å²) in [5, 5.41) is 7.13. The number of piperidine rings is 1. The second-order valence-electron chi connectivity index (χ2n) is 10.5. The Kier molecular flexibility index (Phi) is 7.12. The van der Waals surface area contributed by atoms with Crippen LogP contribution in [0.2, 0.25) is 16.1 Å². The third-order valence-electron chi connectivity index (χ3n) is 7.15. The van der Waals surface area contributed by atoms with Crippen LogP contribution in [0, 0.1) is 5.92 Å². The van der Waals surface area contributed by atoms with E-state index in [1.54, 1.807) is 0 Å². The first-order chi connectivity index (χ1) is 13.8. The maximum Gasteiger partial charge on any atom is 0.407 e. The zero-order valence-corrected chi connectivity index (χ0v) is 21.1. The Balaban J connectivity index is 2.68. The molecule has 2 amide bonds. The number of hydrogen-bond acceptors (Lipinski definition) is 3. The molecule has 0 saturated carbocycles. The van der Waals surface area contributed by atoms with E-state index in [0.29, 0.717) is 17.6 Å². The average molecular weight is 433 g/mol. The maximum absolute atomic E-state index is 13.0. The van der Waals surface area contributed by atoms with Crippen molar-refractivity contribution in [2.75, 3.05) is 6.54 Å². The largest absolute Gasteiger partial charge is 0.444 e. The van der Waals surface area contributed by atoms with Gasteiger partial charge in [0.25, 0.3) is 0 Å². The Labute approximate surface area is 183 Å². The van der Waals surface area contributed by atoms with Crippen LogP contribution in [-0.2, 0) is 9.53 Å². The number of alkyl carbamates (subject to hydrolysis) is 1. The van der Waals surface area contributed by atoms with E-state index in [1.807, 2.05) is 33.8 Å². The van der Waals surface area contributed by atoms with Crippen LogP contribution < -0.4 is 15.8 Å². The molecule has 1 saturated heterocycles. The summed E-state index contributed by atoms with van der Waals surface area (Å²) >= 11 is 0. The molecule has 0 unspecified atom stereocenters. The molecule has 30 heavy (non-hydrogen) atoms. The van der Waals surface area contributed by atoms with E-state index in [9.17, 15) is 9.59 Å².